The summed E-state index contributed by atoms with van der Waals surface area (Å²) in [6, 6.07) is 17.4. The van der Waals surface area contributed by atoms with Crippen molar-refractivity contribution >= 4 is 0 Å². The van der Waals surface area contributed by atoms with Gasteiger partial charge in [-0.3, -0.25) is 0 Å². The molecule has 0 spiro atoms. The van der Waals surface area contributed by atoms with Gasteiger partial charge >= 0.3 is 0 Å². The quantitative estimate of drug-likeness (QED) is 0.473. The smallest absolute Gasteiger partial charge is 0.120 e. The van der Waals surface area contributed by atoms with Crippen LogP contribution in [0.15, 0.2) is 60.7 Å². The van der Waals surface area contributed by atoms with Gasteiger partial charge in [-0.25, -0.2) is 0 Å². The molecular formula is C32H40O2. The molecule has 2 heteroatoms. The maximum absolute atomic E-state index is 12.0. The van der Waals surface area contributed by atoms with Gasteiger partial charge in [-0.1, -0.05) is 75.2 Å². The van der Waals surface area contributed by atoms with Crippen molar-refractivity contribution in [2.45, 2.75) is 83.3 Å². The van der Waals surface area contributed by atoms with E-state index in [0.717, 1.165) is 25.0 Å². The molecule has 0 heterocycles. The van der Waals surface area contributed by atoms with E-state index in [4.69, 9.17) is 4.74 Å². The van der Waals surface area contributed by atoms with Crippen LogP contribution in [0.5, 0.6) is 5.75 Å². The third kappa shape index (κ3) is 3.40. The predicted octanol–water partition coefficient (Wildman–Crippen LogP) is 7.46. The molecule has 1 N–H and O–H groups in total. The molecule has 180 valence electrons. The minimum atomic E-state index is -0.496. The van der Waals surface area contributed by atoms with Crippen LogP contribution in [0.4, 0.5) is 0 Å². The van der Waals surface area contributed by atoms with Crippen LogP contribution in [0, 0.1) is 29.1 Å². The van der Waals surface area contributed by atoms with Crippen molar-refractivity contribution in [3.05, 3.63) is 77.4 Å². The largest absolute Gasteiger partial charge is 0.489 e. The Kier molecular flexibility index (Phi) is 5.64. The third-order valence-electron chi connectivity index (χ3n) is 10.4. The molecule has 0 radical (unpaired) electrons. The number of hydrogen-bond donors (Lipinski definition) is 1. The SMILES string of the molecule is CCC[C@@H]1Cc2cc(OCc3ccccc3)ccc2[C@H]2CC[C@@]3(C)[C@@H](C[C@H]4CC=CC[C@@]43O)[C@H]12. The van der Waals surface area contributed by atoms with Crippen molar-refractivity contribution in [1.82, 2.24) is 0 Å². The van der Waals surface area contributed by atoms with Gasteiger partial charge in [0, 0.05) is 5.41 Å². The molecule has 2 aromatic rings. The van der Waals surface area contributed by atoms with E-state index in [0.29, 0.717) is 36.2 Å². The Balaban J connectivity index is 1.30. The molecule has 2 nitrogen and oxygen atoms in total. The summed E-state index contributed by atoms with van der Waals surface area (Å²) in [6.45, 7) is 5.42. The Morgan fingerprint density at radius 3 is 2.76 bits per heavy atom. The maximum atomic E-state index is 12.0. The van der Waals surface area contributed by atoms with Crippen LogP contribution in [-0.2, 0) is 13.0 Å². The second-order valence-corrected chi connectivity index (χ2v) is 11.9. The number of hydrogen-bond acceptors (Lipinski definition) is 2. The fourth-order valence-corrected chi connectivity index (χ4v) is 8.73. The van der Waals surface area contributed by atoms with E-state index in [1.54, 1.807) is 5.56 Å². The van der Waals surface area contributed by atoms with Gasteiger partial charge in [0.1, 0.15) is 12.4 Å². The van der Waals surface area contributed by atoms with E-state index in [-0.39, 0.29) is 5.41 Å². The number of ether oxygens (including phenoxy) is 1. The summed E-state index contributed by atoms with van der Waals surface area (Å²) in [7, 11) is 0. The average molecular weight is 457 g/mol. The van der Waals surface area contributed by atoms with Crippen molar-refractivity contribution in [2.75, 3.05) is 0 Å². The Labute approximate surface area is 205 Å². The van der Waals surface area contributed by atoms with Gasteiger partial charge in [0.05, 0.1) is 5.60 Å². The first-order valence-corrected chi connectivity index (χ1v) is 13.7. The van der Waals surface area contributed by atoms with Crippen LogP contribution in [0.1, 0.15) is 81.4 Å². The second kappa shape index (κ2) is 8.55. The number of fused-ring (bicyclic) bond motifs is 7. The van der Waals surface area contributed by atoms with Gasteiger partial charge in [0.2, 0.25) is 0 Å². The Hall–Kier alpha value is -2.06. The molecule has 0 unspecified atom stereocenters. The molecule has 6 rings (SSSR count). The van der Waals surface area contributed by atoms with Crippen molar-refractivity contribution in [2.24, 2.45) is 29.1 Å². The second-order valence-electron chi connectivity index (χ2n) is 11.9. The molecule has 0 aliphatic heterocycles. The van der Waals surface area contributed by atoms with Crippen LogP contribution in [0.3, 0.4) is 0 Å². The van der Waals surface area contributed by atoms with E-state index in [2.05, 4.69) is 74.5 Å². The third-order valence-corrected chi connectivity index (χ3v) is 10.4. The van der Waals surface area contributed by atoms with Crippen molar-refractivity contribution in [1.29, 1.82) is 0 Å². The van der Waals surface area contributed by atoms with Crippen LogP contribution < -0.4 is 4.74 Å². The summed E-state index contributed by atoms with van der Waals surface area (Å²) < 4.78 is 6.21. The average Bonchev–Trinajstić information content (AvgIpc) is 3.10. The summed E-state index contributed by atoms with van der Waals surface area (Å²) in [5, 5.41) is 12.0. The van der Waals surface area contributed by atoms with Gasteiger partial charge in [-0.05, 0) is 96.9 Å². The molecule has 4 aliphatic carbocycles. The first-order chi connectivity index (χ1) is 16.5. The Morgan fingerprint density at radius 2 is 1.94 bits per heavy atom. The predicted molar refractivity (Wildman–Crippen MR) is 138 cm³/mol. The highest BCUT2D eigenvalue weighted by molar-refractivity contribution is 5.42. The standard InChI is InChI=1S/C32H40O2/c1-3-9-23-18-24-19-26(34-21-22-10-5-4-6-11-22)13-14-27(24)28-15-17-31(2)29(30(23)28)20-25-12-7-8-16-32(25,31)33/h4-8,10-11,13-14,19,23,25,28-30,33H,3,9,12,15-18,20-21H2,1-2H3/t23-,25-,28-,29+,30-,31+,32-/m1/s1. The minimum absolute atomic E-state index is 0.0613. The molecule has 2 fully saturated rings. The van der Waals surface area contributed by atoms with E-state index in [1.165, 1.54) is 43.2 Å². The zero-order chi connectivity index (χ0) is 23.3. The summed E-state index contributed by atoms with van der Waals surface area (Å²) in [4.78, 5) is 0. The maximum Gasteiger partial charge on any atom is 0.120 e. The van der Waals surface area contributed by atoms with Gasteiger partial charge in [0.25, 0.3) is 0 Å². The Morgan fingerprint density at radius 1 is 1.09 bits per heavy atom. The number of aliphatic hydroxyl groups is 1. The zero-order valence-electron chi connectivity index (χ0n) is 20.9. The van der Waals surface area contributed by atoms with E-state index in [1.807, 2.05) is 0 Å². The molecule has 4 aliphatic rings. The highest BCUT2D eigenvalue weighted by atomic mass is 16.5. The highest BCUT2D eigenvalue weighted by Crippen LogP contribution is 2.69. The molecular weight excluding hydrogens is 416 g/mol. The summed E-state index contributed by atoms with van der Waals surface area (Å²) in [6.07, 6.45) is 13.8. The minimum Gasteiger partial charge on any atom is -0.489 e. The lowest BCUT2D eigenvalue weighted by atomic mass is 9.50. The fourth-order valence-electron chi connectivity index (χ4n) is 8.73. The lowest BCUT2D eigenvalue weighted by Crippen LogP contribution is -2.54. The molecule has 2 saturated carbocycles. The molecule has 0 bridgehead atoms. The Bertz CT molecular complexity index is 1060. The first-order valence-electron chi connectivity index (χ1n) is 13.7. The van der Waals surface area contributed by atoms with E-state index >= 15 is 0 Å². The topological polar surface area (TPSA) is 29.5 Å². The van der Waals surface area contributed by atoms with Crippen molar-refractivity contribution < 1.29 is 9.84 Å². The van der Waals surface area contributed by atoms with Crippen LogP contribution in [-0.4, -0.2) is 10.7 Å². The zero-order valence-corrected chi connectivity index (χ0v) is 20.9. The van der Waals surface area contributed by atoms with Gasteiger partial charge in [0.15, 0.2) is 0 Å². The van der Waals surface area contributed by atoms with E-state index < -0.39 is 5.60 Å². The van der Waals surface area contributed by atoms with Crippen LogP contribution in [0.25, 0.3) is 0 Å². The van der Waals surface area contributed by atoms with Crippen LogP contribution in [0.2, 0.25) is 0 Å². The first kappa shape index (κ1) is 22.4. The lowest BCUT2D eigenvalue weighted by molar-refractivity contribution is -0.126. The van der Waals surface area contributed by atoms with Gasteiger partial charge in [-0.15, -0.1) is 0 Å². The van der Waals surface area contributed by atoms with Crippen molar-refractivity contribution in [3.8, 4) is 5.75 Å². The molecule has 0 amide bonds. The van der Waals surface area contributed by atoms with Gasteiger partial charge < -0.3 is 9.84 Å². The fraction of sp³-hybridized carbons (Fsp3) is 0.562. The van der Waals surface area contributed by atoms with Gasteiger partial charge in [-0.2, -0.15) is 0 Å². The molecule has 0 saturated heterocycles. The molecule has 7 atom stereocenters. The lowest BCUT2D eigenvalue weighted by Gasteiger charge is -2.56. The number of benzene rings is 2. The van der Waals surface area contributed by atoms with Crippen LogP contribution >= 0.6 is 0 Å². The summed E-state index contributed by atoms with van der Waals surface area (Å²) in [5.41, 5.74) is 3.87. The molecule has 34 heavy (non-hydrogen) atoms. The van der Waals surface area contributed by atoms with E-state index in [9.17, 15) is 5.11 Å². The summed E-state index contributed by atoms with van der Waals surface area (Å²) >= 11 is 0. The van der Waals surface area contributed by atoms with Crippen molar-refractivity contribution in [3.63, 3.8) is 0 Å². The molecule has 0 aromatic heterocycles. The highest BCUT2D eigenvalue weighted by Gasteiger charge is 2.66. The monoisotopic (exact) mass is 456 g/mol. The number of rotatable bonds is 5. The number of allylic oxidation sites excluding steroid dienone is 1. The molecule has 2 aromatic carbocycles. The summed E-state index contributed by atoms with van der Waals surface area (Å²) in [5.74, 6) is 4.15. The normalized spacial score (nSPS) is 37.9.